The van der Waals surface area contributed by atoms with E-state index < -0.39 is 12.1 Å². The Hall–Kier alpha value is -5.18. The van der Waals surface area contributed by atoms with Crippen molar-refractivity contribution in [3.05, 3.63) is 90.0 Å². The first-order valence-corrected chi connectivity index (χ1v) is 19.9. The Morgan fingerprint density at radius 2 is 1.39 bits per heavy atom. The molecule has 0 aliphatic carbocycles. The van der Waals surface area contributed by atoms with Crippen LogP contribution in [0.25, 0.3) is 40.0 Å². The van der Waals surface area contributed by atoms with Gasteiger partial charge in [-0.25, -0.2) is 9.78 Å². The van der Waals surface area contributed by atoms with Gasteiger partial charge in [0.05, 0.1) is 24.2 Å². The maximum atomic E-state index is 12.5. The van der Waals surface area contributed by atoms with Crippen molar-refractivity contribution in [3.63, 3.8) is 0 Å². The molecule has 1 aromatic heterocycles. The number of imidazole rings is 1. The summed E-state index contributed by atoms with van der Waals surface area (Å²) in [7, 11) is 1.34. The van der Waals surface area contributed by atoms with Gasteiger partial charge in [0.1, 0.15) is 5.82 Å². The van der Waals surface area contributed by atoms with E-state index in [0.29, 0.717) is 18.7 Å². The number of H-pyrrole nitrogens is 1. The largest absolute Gasteiger partial charge is 0.466 e. The number of rotatable bonds is 21. The van der Waals surface area contributed by atoms with Gasteiger partial charge in [0.25, 0.3) is 0 Å². The number of nitrogens with one attached hydrogen (secondary N) is 2. The number of unbranched alkanes of at least 4 members (excludes halogenated alkanes) is 9. The summed E-state index contributed by atoms with van der Waals surface area (Å²) in [5.74, 6) is 0.267. The summed E-state index contributed by atoms with van der Waals surface area (Å²) >= 11 is 0. The summed E-state index contributed by atoms with van der Waals surface area (Å²) in [6, 6.07) is 24.6. The van der Waals surface area contributed by atoms with Gasteiger partial charge in [-0.1, -0.05) is 118 Å². The van der Waals surface area contributed by atoms with E-state index in [4.69, 9.17) is 14.6 Å². The van der Waals surface area contributed by atoms with Crippen LogP contribution in [0.4, 0.5) is 5.69 Å². The van der Waals surface area contributed by atoms with Gasteiger partial charge in [-0.15, -0.1) is 0 Å². The number of ether oxygens (including phenoxy) is 1. The molecule has 0 spiro atoms. The second kappa shape index (κ2) is 20.9. The number of benzene rings is 3. The number of hydrogen-bond donors (Lipinski definition) is 2. The molecule has 3 aromatic carbocycles. The van der Waals surface area contributed by atoms with E-state index in [9.17, 15) is 9.59 Å². The number of carbonyl (C=O) groups excluding carboxylic acids is 2. The maximum absolute atomic E-state index is 12.5. The fraction of sp³-hybridized carbons (Fsp3) is 0.422. The van der Waals surface area contributed by atoms with Gasteiger partial charge >= 0.3 is 5.97 Å². The average molecular weight is 732 g/mol. The zero-order valence-corrected chi connectivity index (χ0v) is 32.5. The predicted octanol–water partition coefficient (Wildman–Crippen LogP) is 9.97. The van der Waals surface area contributed by atoms with Crippen molar-refractivity contribution in [2.24, 2.45) is 5.16 Å². The number of anilines is 1. The van der Waals surface area contributed by atoms with Crippen LogP contribution in [0.3, 0.4) is 0 Å². The fourth-order valence-corrected chi connectivity index (χ4v) is 6.79. The van der Waals surface area contributed by atoms with E-state index in [1.165, 1.54) is 64.2 Å². The number of oxime groups is 1. The van der Waals surface area contributed by atoms with Gasteiger partial charge in [-0.05, 0) is 61.7 Å². The minimum Gasteiger partial charge on any atom is -0.466 e. The van der Waals surface area contributed by atoms with Crippen molar-refractivity contribution in [3.8, 4) is 33.9 Å². The zero-order chi connectivity index (χ0) is 38.1. The number of esters is 1. The molecule has 0 saturated heterocycles. The lowest BCUT2D eigenvalue weighted by Crippen LogP contribution is -2.22. The van der Waals surface area contributed by atoms with Gasteiger partial charge in [0.15, 0.2) is 0 Å². The molecule has 1 aliphatic heterocycles. The molecule has 9 nitrogen and oxygen atoms in total. The third-order valence-electron chi connectivity index (χ3n) is 10.1. The van der Waals surface area contributed by atoms with Crippen LogP contribution < -0.4 is 10.2 Å². The molecule has 286 valence electrons. The van der Waals surface area contributed by atoms with Gasteiger partial charge in [0.2, 0.25) is 12.0 Å². The SMILES string of the molecule is CCCCCCCCCCCCNC(=O)/C=C/c1ccc(-c2[nH]c(-c3ccc(N(CC)CC)cc3)nc2-c2ccc(C3=NOC(C(=O)OC)C3)cc2)cc1. The van der Waals surface area contributed by atoms with E-state index in [0.717, 1.165) is 71.0 Å². The van der Waals surface area contributed by atoms with Crippen LogP contribution in [0.5, 0.6) is 0 Å². The number of aromatic amines is 1. The molecule has 54 heavy (non-hydrogen) atoms. The van der Waals surface area contributed by atoms with Crippen LogP contribution in [-0.2, 0) is 19.2 Å². The normalized spacial score (nSPS) is 13.9. The van der Waals surface area contributed by atoms with Gasteiger partial charge in [0, 0.05) is 54.5 Å². The van der Waals surface area contributed by atoms with Crippen LogP contribution in [0.1, 0.15) is 103 Å². The number of nitrogens with zero attached hydrogens (tertiary/aromatic N) is 3. The molecule has 4 aromatic rings. The summed E-state index contributed by atoms with van der Waals surface area (Å²) in [6.45, 7) is 9.17. The first-order valence-electron chi connectivity index (χ1n) is 19.9. The minimum absolute atomic E-state index is 0.0677. The van der Waals surface area contributed by atoms with Crippen molar-refractivity contribution >= 4 is 29.4 Å². The molecule has 5 rings (SSSR count). The van der Waals surface area contributed by atoms with Crippen molar-refractivity contribution in [2.75, 3.05) is 31.6 Å². The molecule has 0 fully saturated rings. The summed E-state index contributed by atoms with van der Waals surface area (Å²) in [5, 5.41) is 7.16. The van der Waals surface area contributed by atoms with E-state index in [1.54, 1.807) is 6.08 Å². The summed E-state index contributed by atoms with van der Waals surface area (Å²) in [6.07, 6.45) is 15.9. The lowest BCUT2D eigenvalue weighted by Gasteiger charge is -2.20. The molecule has 1 unspecified atom stereocenters. The smallest absolute Gasteiger partial charge is 0.350 e. The van der Waals surface area contributed by atoms with E-state index in [1.807, 2.05) is 42.5 Å². The number of carbonyl (C=O) groups is 2. The van der Waals surface area contributed by atoms with Crippen LogP contribution in [0.2, 0.25) is 0 Å². The van der Waals surface area contributed by atoms with Crippen LogP contribution >= 0.6 is 0 Å². The second-order valence-corrected chi connectivity index (χ2v) is 13.9. The first-order chi connectivity index (χ1) is 26.4. The highest BCUT2D eigenvalue weighted by Gasteiger charge is 2.29. The highest BCUT2D eigenvalue weighted by Crippen LogP contribution is 2.34. The maximum Gasteiger partial charge on any atom is 0.350 e. The lowest BCUT2D eigenvalue weighted by molar-refractivity contribution is -0.152. The topological polar surface area (TPSA) is 109 Å². The molecular weight excluding hydrogens is 675 g/mol. The average Bonchev–Trinajstić information content (AvgIpc) is 3.89. The third kappa shape index (κ3) is 11.2. The molecule has 0 radical (unpaired) electrons. The van der Waals surface area contributed by atoms with Gasteiger partial charge < -0.3 is 24.8 Å². The van der Waals surface area contributed by atoms with Crippen LogP contribution in [0.15, 0.2) is 84.0 Å². The molecule has 2 heterocycles. The molecule has 0 saturated carbocycles. The number of aromatic nitrogens is 2. The number of methoxy groups -OCH3 is 1. The summed E-state index contributed by atoms with van der Waals surface area (Å²) in [5.41, 5.74) is 8.30. The van der Waals surface area contributed by atoms with Gasteiger partial charge in [-0.2, -0.15) is 0 Å². The van der Waals surface area contributed by atoms with Crippen LogP contribution in [0, 0.1) is 0 Å². The minimum atomic E-state index is -0.722. The molecule has 0 bridgehead atoms. The Morgan fingerprint density at radius 1 is 0.796 bits per heavy atom. The predicted molar refractivity (Wildman–Crippen MR) is 220 cm³/mol. The first kappa shape index (κ1) is 40.0. The Balaban J connectivity index is 1.25. The lowest BCUT2D eigenvalue weighted by atomic mass is 10.00. The number of hydrogen-bond acceptors (Lipinski definition) is 7. The Bertz CT molecular complexity index is 1820. The van der Waals surface area contributed by atoms with Crippen molar-refractivity contribution in [2.45, 2.75) is 97.5 Å². The van der Waals surface area contributed by atoms with Crippen molar-refractivity contribution in [1.29, 1.82) is 0 Å². The molecular formula is C45H57N5O4. The van der Waals surface area contributed by atoms with Crippen molar-refractivity contribution in [1.82, 2.24) is 15.3 Å². The molecule has 2 N–H and O–H groups in total. The Kier molecular flexibility index (Phi) is 15.5. The monoisotopic (exact) mass is 731 g/mol. The Labute approximate surface area is 321 Å². The molecule has 1 aliphatic rings. The molecule has 9 heteroatoms. The molecule has 1 atom stereocenters. The Morgan fingerprint density at radius 3 is 2.02 bits per heavy atom. The summed E-state index contributed by atoms with van der Waals surface area (Å²) < 4.78 is 4.82. The van der Waals surface area contributed by atoms with Crippen LogP contribution in [-0.4, -0.2) is 60.4 Å². The van der Waals surface area contributed by atoms with Crippen molar-refractivity contribution < 1.29 is 19.2 Å². The molecule has 1 amide bonds. The second-order valence-electron chi connectivity index (χ2n) is 13.9. The summed E-state index contributed by atoms with van der Waals surface area (Å²) in [4.78, 5) is 40.8. The van der Waals surface area contributed by atoms with E-state index >= 15 is 0 Å². The highest BCUT2D eigenvalue weighted by atomic mass is 16.7. The standard InChI is InChI=1S/C45H57N5O4/c1-5-8-9-10-11-12-13-14-15-16-31-46-41(51)30-19-33-17-20-35(21-18-33)42-43(48-44(47-42)37-26-28-38(29-27-37)50(6-2)7-3)36-24-22-34(23-25-36)39-32-40(54-49-39)45(52)53-4/h17-30,40H,5-16,31-32H2,1-4H3,(H,46,51)(H,47,48)/b30-19+. The number of amides is 1. The third-order valence-corrected chi connectivity index (χ3v) is 10.1. The zero-order valence-electron chi connectivity index (χ0n) is 32.5. The fourth-order valence-electron chi connectivity index (χ4n) is 6.79. The van der Waals surface area contributed by atoms with E-state index in [2.05, 4.69) is 77.5 Å². The van der Waals surface area contributed by atoms with Gasteiger partial charge in [-0.3, -0.25) is 4.79 Å². The highest BCUT2D eigenvalue weighted by molar-refractivity contribution is 6.04. The van der Waals surface area contributed by atoms with E-state index in [-0.39, 0.29) is 5.91 Å². The quantitative estimate of drug-likeness (QED) is 0.0502.